The van der Waals surface area contributed by atoms with Gasteiger partial charge >= 0.3 is 5.97 Å². The molecule has 2 aromatic heterocycles. The predicted octanol–water partition coefficient (Wildman–Crippen LogP) is 3.45. The molecule has 6 heteroatoms. The van der Waals surface area contributed by atoms with Crippen molar-refractivity contribution in [2.75, 3.05) is 11.9 Å². The predicted molar refractivity (Wildman–Crippen MR) is 99.6 cm³/mol. The minimum Gasteiger partial charge on any atom is -0.458 e. The van der Waals surface area contributed by atoms with E-state index in [2.05, 4.69) is 21.9 Å². The van der Waals surface area contributed by atoms with Gasteiger partial charge in [-0.3, -0.25) is 9.55 Å². The van der Waals surface area contributed by atoms with Crippen LogP contribution in [0, 0.1) is 0 Å². The van der Waals surface area contributed by atoms with Crippen molar-refractivity contribution in [3.05, 3.63) is 78.3 Å². The summed E-state index contributed by atoms with van der Waals surface area (Å²) in [7, 11) is 0. The Labute approximate surface area is 150 Å². The zero-order valence-corrected chi connectivity index (χ0v) is 14.3. The highest BCUT2D eigenvalue weighted by Gasteiger charge is 2.34. The second kappa shape index (κ2) is 6.48. The van der Waals surface area contributed by atoms with Gasteiger partial charge in [0.1, 0.15) is 6.61 Å². The van der Waals surface area contributed by atoms with Crippen LogP contribution in [0.2, 0.25) is 0 Å². The summed E-state index contributed by atoms with van der Waals surface area (Å²) in [5.74, 6) is 0.325. The van der Waals surface area contributed by atoms with Gasteiger partial charge < -0.3 is 10.1 Å². The van der Waals surface area contributed by atoms with Gasteiger partial charge in [0.2, 0.25) is 5.95 Å². The first-order chi connectivity index (χ1) is 12.7. The van der Waals surface area contributed by atoms with Crippen molar-refractivity contribution in [1.82, 2.24) is 14.5 Å². The number of para-hydroxylation sites is 2. The van der Waals surface area contributed by atoms with Gasteiger partial charge in [0, 0.05) is 18.1 Å². The molecule has 0 unspecified atom stereocenters. The molecule has 0 fully saturated rings. The first-order valence-electron chi connectivity index (χ1n) is 8.33. The van der Waals surface area contributed by atoms with Crippen LogP contribution in [0.5, 0.6) is 0 Å². The molecule has 0 amide bonds. The van der Waals surface area contributed by atoms with Crippen LogP contribution < -0.4 is 5.32 Å². The lowest BCUT2D eigenvalue weighted by Crippen LogP contribution is -2.29. The molecule has 0 bridgehead atoms. The van der Waals surface area contributed by atoms with Crippen molar-refractivity contribution in [3.8, 4) is 0 Å². The van der Waals surface area contributed by atoms with E-state index in [9.17, 15) is 4.79 Å². The molecule has 1 aliphatic heterocycles. The number of aromatic nitrogens is 3. The number of pyridine rings is 1. The summed E-state index contributed by atoms with van der Waals surface area (Å²) in [6, 6.07) is 11.3. The molecule has 1 aromatic carbocycles. The maximum atomic E-state index is 12.8. The smallest absolute Gasteiger partial charge is 0.338 e. The summed E-state index contributed by atoms with van der Waals surface area (Å²) in [4.78, 5) is 21.6. The molecule has 3 heterocycles. The lowest BCUT2D eigenvalue weighted by atomic mass is 9.96. The fourth-order valence-electron chi connectivity index (χ4n) is 3.30. The van der Waals surface area contributed by atoms with E-state index in [4.69, 9.17) is 4.74 Å². The molecule has 0 spiro atoms. The number of rotatable bonds is 4. The lowest BCUT2D eigenvalue weighted by Gasteiger charge is -2.30. The molecule has 3 aromatic rings. The topological polar surface area (TPSA) is 69.0 Å². The fourth-order valence-corrected chi connectivity index (χ4v) is 3.30. The summed E-state index contributed by atoms with van der Waals surface area (Å²) in [5, 5.41) is 3.25. The molecule has 0 saturated heterocycles. The van der Waals surface area contributed by atoms with Gasteiger partial charge in [-0.1, -0.05) is 24.8 Å². The molecule has 1 N–H and O–H groups in total. The second-order valence-electron chi connectivity index (χ2n) is 6.03. The number of carbonyl (C=O) groups excluding carboxylic acids is 1. The summed E-state index contributed by atoms with van der Waals surface area (Å²) in [6.45, 7) is 5.64. The van der Waals surface area contributed by atoms with Crippen LogP contribution in [0.15, 0.2) is 72.7 Å². The number of esters is 1. The van der Waals surface area contributed by atoms with E-state index in [-0.39, 0.29) is 18.6 Å². The zero-order valence-electron chi connectivity index (χ0n) is 14.3. The molecule has 1 atom stereocenters. The van der Waals surface area contributed by atoms with E-state index in [1.807, 2.05) is 47.9 Å². The number of imidazole rings is 1. The molecule has 0 saturated carbocycles. The van der Waals surface area contributed by atoms with Crippen LogP contribution in [0.4, 0.5) is 5.95 Å². The number of benzene rings is 1. The Bertz CT molecular complexity index is 1020. The highest BCUT2D eigenvalue weighted by Crippen LogP contribution is 2.39. The molecule has 4 rings (SSSR count). The van der Waals surface area contributed by atoms with Crippen molar-refractivity contribution in [3.63, 3.8) is 0 Å². The third-order valence-electron chi connectivity index (χ3n) is 4.40. The average Bonchev–Trinajstić information content (AvgIpc) is 3.03. The van der Waals surface area contributed by atoms with Crippen molar-refractivity contribution in [2.45, 2.75) is 13.0 Å². The van der Waals surface area contributed by atoms with Crippen molar-refractivity contribution in [2.24, 2.45) is 0 Å². The number of hydrogen-bond donors (Lipinski definition) is 1. The normalized spacial score (nSPS) is 16.1. The van der Waals surface area contributed by atoms with E-state index in [1.54, 1.807) is 18.5 Å². The van der Waals surface area contributed by atoms with E-state index in [1.165, 1.54) is 0 Å². The van der Waals surface area contributed by atoms with Crippen molar-refractivity contribution >= 4 is 23.0 Å². The minimum atomic E-state index is -0.375. The number of nitrogens with zero attached hydrogens (tertiary/aromatic N) is 3. The third kappa shape index (κ3) is 2.56. The van der Waals surface area contributed by atoms with Crippen LogP contribution in [0.1, 0.15) is 18.5 Å². The minimum absolute atomic E-state index is 0.163. The van der Waals surface area contributed by atoms with Crippen LogP contribution in [0.25, 0.3) is 11.0 Å². The first kappa shape index (κ1) is 16.1. The Morgan fingerprint density at radius 2 is 2.08 bits per heavy atom. The Morgan fingerprint density at radius 3 is 2.85 bits per heavy atom. The molecule has 0 aliphatic carbocycles. The summed E-state index contributed by atoms with van der Waals surface area (Å²) >= 11 is 0. The van der Waals surface area contributed by atoms with Gasteiger partial charge in [-0.05, 0) is 36.8 Å². The van der Waals surface area contributed by atoms with Gasteiger partial charge in [-0.25, -0.2) is 9.78 Å². The zero-order chi connectivity index (χ0) is 18.1. The lowest BCUT2D eigenvalue weighted by molar-refractivity contribution is -0.138. The Hall–Kier alpha value is -3.41. The summed E-state index contributed by atoms with van der Waals surface area (Å²) < 4.78 is 7.38. The second-order valence-corrected chi connectivity index (χ2v) is 6.03. The molecule has 26 heavy (non-hydrogen) atoms. The average molecular weight is 346 g/mol. The standard InChI is InChI=1S/C20H18N4O2/c1-3-12-26-19(25)17-13(2)22-20-23-15-6-4-5-7-16(15)24(20)18(17)14-8-10-21-11-9-14/h3-11,18H,1,12H2,2H3,(H,22,23)/t18-/m1/s1. The Kier molecular flexibility index (Phi) is 4.01. The van der Waals surface area contributed by atoms with E-state index in [0.29, 0.717) is 11.5 Å². The molecule has 130 valence electrons. The highest BCUT2D eigenvalue weighted by molar-refractivity contribution is 5.94. The van der Waals surface area contributed by atoms with Crippen LogP contribution in [-0.2, 0) is 9.53 Å². The van der Waals surface area contributed by atoms with E-state index in [0.717, 1.165) is 22.3 Å². The number of ether oxygens (including phenoxy) is 1. The largest absolute Gasteiger partial charge is 0.458 e. The molecular weight excluding hydrogens is 328 g/mol. The Morgan fingerprint density at radius 1 is 1.31 bits per heavy atom. The number of anilines is 1. The fraction of sp³-hybridized carbons (Fsp3) is 0.150. The van der Waals surface area contributed by atoms with Gasteiger partial charge in [-0.2, -0.15) is 0 Å². The third-order valence-corrected chi connectivity index (χ3v) is 4.40. The number of carbonyl (C=O) groups is 1. The van der Waals surface area contributed by atoms with Gasteiger partial charge in [0.25, 0.3) is 0 Å². The monoisotopic (exact) mass is 346 g/mol. The number of nitrogens with one attached hydrogen (secondary N) is 1. The summed E-state index contributed by atoms with van der Waals surface area (Å²) in [6.07, 6.45) is 5.00. The SMILES string of the molecule is C=CCOC(=O)C1=C(C)Nc2nc3ccccc3n2[C@@H]1c1ccncc1. The highest BCUT2D eigenvalue weighted by atomic mass is 16.5. The number of hydrogen-bond acceptors (Lipinski definition) is 5. The molecule has 1 aliphatic rings. The van der Waals surface area contributed by atoms with Crippen molar-refractivity contribution in [1.29, 1.82) is 0 Å². The van der Waals surface area contributed by atoms with Crippen LogP contribution in [0.3, 0.4) is 0 Å². The van der Waals surface area contributed by atoms with Gasteiger partial charge in [0.05, 0.1) is 22.6 Å². The van der Waals surface area contributed by atoms with E-state index < -0.39 is 0 Å². The van der Waals surface area contributed by atoms with E-state index >= 15 is 0 Å². The number of allylic oxidation sites excluding steroid dienone is 1. The molecule has 6 nitrogen and oxygen atoms in total. The molecule has 0 radical (unpaired) electrons. The molecular formula is C20H18N4O2. The first-order valence-corrected chi connectivity index (χ1v) is 8.33. The summed E-state index contributed by atoms with van der Waals surface area (Å²) in [5.41, 5.74) is 4.02. The van der Waals surface area contributed by atoms with Crippen LogP contribution in [-0.4, -0.2) is 27.1 Å². The number of fused-ring (bicyclic) bond motifs is 3. The van der Waals surface area contributed by atoms with Gasteiger partial charge in [0.15, 0.2) is 0 Å². The van der Waals surface area contributed by atoms with Crippen LogP contribution >= 0.6 is 0 Å². The Balaban J connectivity index is 1.94. The van der Waals surface area contributed by atoms with Gasteiger partial charge in [-0.15, -0.1) is 0 Å². The quantitative estimate of drug-likeness (QED) is 0.579. The maximum absolute atomic E-state index is 12.8. The van der Waals surface area contributed by atoms with Crippen molar-refractivity contribution < 1.29 is 9.53 Å². The maximum Gasteiger partial charge on any atom is 0.338 e.